The molecule has 1 aromatic heterocycles. The second kappa shape index (κ2) is 3.65. The third-order valence-electron chi connectivity index (χ3n) is 2.19. The Morgan fingerprint density at radius 3 is 2.93 bits per heavy atom. The van der Waals surface area contributed by atoms with Crippen LogP contribution in [-0.4, -0.2) is 16.5 Å². The van der Waals surface area contributed by atoms with Crippen LogP contribution in [0.4, 0.5) is 10.2 Å². The third-order valence-corrected chi connectivity index (χ3v) is 2.19. The van der Waals surface area contributed by atoms with Crippen LogP contribution in [0, 0.1) is 0 Å². The van der Waals surface area contributed by atoms with Crippen LogP contribution >= 0.6 is 0 Å². The molecule has 2 aromatic rings. The molecule has 0 atom stereocenters. The topological polar surface area (TPSA) is 43.8 Å². The molecule has 74 valence electrons. The number of nitrogens with two attached hydrogens (primary N) is 1. The summed E-state index contributed by atoms with van der Waals surface area (Å²) in [6.45, 7) is 0.252. The lowest BCUT2D eigenvalue weighted by Gasteiger charge is -1.99. The second-order valence-corrected chi connectivity index (χ2v) is 3.17. The van der Waals surface area contributed by atoms with E-state index in [2.05, 4.69) is 5.10 Å². The lowest BCUT2D eigenvalue weighted by atomic mass is 10.2. The molecular formula is C10H12FN3. The molecule has 0 amide bonds. The quantitative estimate of drug-likeness (QED) is 0.810. The first-order chi connectivity index (χ1) is 6.83. The van der Waals surface area contributed by atoms with Crippen LogP contribution < -0.4 is 5.73 Å². The lowest BCUT2D eigenvalue weighted by Crippen LogP contribution is -2.01. The standard InChI is InChI=1S/C10H12FN3/c11-6-3-7-14-9-5-2-1-4-8(9)10(12)13-14/h1-2,4-5H,3,6-7H2,(H2,12,13). The Hall–Kier alpha value is -1.58. The molecule has 0 bridgehead atoms. The average Bonchev–Trinajstić information content (AvgIpc) is 2.54. The van der Waals surface area contributed by atoms with Gasteiger partial charge in [0, 0.05) is 11.9 Å². The van der Waals surface area contributed by atoms with Crippen molar-refractivity contribution < 1.29 is 4.39 Å². The number of nitrogen functional groups attached to an aromatic ring is 1. The van der Waals surface area contributed by atoms with Gasteiger partial charge in [-0.1, -0.05) is 12.1 Å². The van der Waals surface area contributed by atoms with Gasteiger partial charge in [-0.05, 0) is 18.6 Å². The Morgan fingerprint density at radius 1 is 1.36 bits per heavy atom. The van der Waals surface area contributed by atoms with Crippen molar-refractivity contribution >= 4 is 16.7 Å². The number of fused-ring (bicyclic) bond motifs is 1. The van der Waals surface area contributed by atoms with Gasteiger partial charge in [-0.15, -0.1) is 0 Å². The van der Waals surface area contributed by atoms with Crippen molar-refractivity contribution in [2.45, 2.75) is 13.0 Å². The normalized spacial score (nSPS) is 10.9. The maximum Gasteiger partial charge on any atom is 0.153 e. The molecule has 0 fully saturated rings. The molecule has 1 heterocycles. The van der Waals surface area contributed by atoms with Gasteiger partial charge in [0.25, 0.3) is 0 Å². The number of aromatic nitrogens is 2. The number of rotatable bonds is 3. The highest BCUT2D eigenvalue weighted by molar-refractivity contribution is 5.88. The Morgan fingerprint density at radius 2 is 2.14 bits per heavy atom. The summed E-state index contributed by atoms with van der Waals surface area (Å²) in [7, 11) is 0. The van der Waals surface area contributed by atoms with E-state index in [1.54, 1.807) is 4.68 Å². The van der Waals surface area contributed by atoms with Gasteiger partial charge < -0.3 is 5.73 Å². The van der Waals surface area contributed by atoms with Gasteiger partial charge in [0.1, 0.15) is 0 Å². The highest BCUT2D eigenvalue weighted by atomic mass is 19.1. The number of nitrogens with zero attached hydrogens (tertiary/aromatic N) is 2. The van der Waals surface area contributed by atoms with E-state index >= 15 is 0 Å². The number of benzene rings is 1. The number of hydrogen-bond acceptors (Lipinski definition) is 2. The number of alkyl halides is 1. The van der Waals surface area contributed by atoms with E-state index < -0.39 is 0 Å². The van der Waals surface area contributed by atoms with Gasteiger partial charge >= 0.3 is 0 Å². The molecule has 0 saturated carbocycles. The van der Waals surface area contributed by atoms with Crippen molar-refractivity contribution in [1.29, 1.82) is 0 Å². The number of anilines is 1. The number of para-hydroxylation sites is 1. The van der Waals surface area contributed by atoms with Crippen molar-refractivity contribution in [2.75, 3.05) is 12.4 Å². The van der Waals surface area contributed by atoms with Crippen LogP contribution in [0.5, 0.6) is 0 Å². The maximum atomic E-state index is 12.0. The van der Waals surface area contributed by atoms with Crippen LogP contribution in [0.3, 0.4) is 0 Å². The van der Waals surface area contributed by atoms with Gasteiger partial charge in [0.2, 0.25) is 0 Å². The summed E-state index contributed by atoms with van der Waals surface area (Å²) in [5, 5.41) is 5.09. The third kappa shape index (κ3) is 1.43. The first kappa shape index (κ1) is 8.99. The molecule has 4 heteroatoms. The summed E-state index contributed by atoms with van der Waals surface area (Å²) < 4.78 is 13.8. The zero-order valence-corrected chi connectivity index (χ0v) is 7.78. The maximum absolute atomic E-state index is 12.0. The van der Waals surface area contributed by atoms with Gasteiger partial charge in [-0.3, -0.25) is 9.07 Å². The van der Waals surface area contributed by atoms with Crippen molar-refractivity contribution in [2.24, 2.45) is 0 Å². The average molecular weight is 193 g/mol. The van der Waals surface area contributed by atoms with E-state index in [4.69, 9.17) is 5.73 Å². The predicted octanol–water partition coefficient (Wildman–Crippen LogP) is 1.98. The molecule has 1 aromatic carbocycles. The van der Waals surface area contributed by atoms with Crippen molar-refractivity contribution in [3.63, 3.8) is 0 Å². The fraction of sp³-hybridized carbons (Fsp3) is 0.300. The largest absolute Gasteiger partial charge is 0.382 e. The van der Waals surface area contributed by atoms with Crippen LogP contribution in [0.2, 0.25) is 0 Å². The first-order valence-electron chi connectivity index (χ1n) is 4.60. The summed E-state index contributed by atoms with van der Waals surface area (Å²) in [6, 6.07) is 7.70. The monoisotopic (exact) mass is 193 g/mol. The van der Waals surface area contributed by atoms with E-state index in [0.717, 1.165) is 10.9 Å². The van der Waals surface area contributed by atoms with E-state index in [9.17, 15) is 4.39 Å². The van der Waals surface area contributed by atoms with E-state index in [0.29, 0.717) is 18.8 Å². The van der Waals surface area contributed by atoms with Crippen molar-refractivity contribution in [3.8, 4) is 0 Å². The van der Waals surface area contributed by atoms with Gasteiger partial charge in [-0.25, -0.2) is 0 Å². The Kier molecular flexibility index (Phi) is 2.35. The summed E-state index contributed by atoms with van der Waals surface area (Å²) >= 11 is 0. The minimum atomic E-state index is -0.325. The number of hydrogen-bond donors (Lipinski definition) is 1. The molecule has 2 rings (SSSR count). The van der Waals surface area contributed by atoms with Gasteiger partial charge in [-0.2, -0.15) is 5.10 Å². The first-order valence-corrected chi connectivity index (χ1v) is 4.60. The highest BCUT2D eigenvalue weighted by Gasteiger charge is 2.05. The molecule has 0 aliphatic carbocycles. The van der Waals surface area contributed by atoms with Gasteiger partial charge in [0.15, 0.2) is 5.82 Å². The highest BCUT2D eigenvalue weighted by Crippen LogP contribution is 2.19. The smallest absolute Gasteiger partial charge is 0.153 e. The van der Waals surface area contributed by atoms with Crippen LogP contribution in [0.15, 0.2) is 24.3 Å². The summed E-state index contributed by atoms with van der Waals surface area (Å²) in [6.07, 6.45) is 0.477. The van der Waals surface area contributed by atoms with E-state index in [1.165, 1.54) is 0 Å². The molecule has 0 aliphatic heterocycles. The molecule has 0 unspecified atom stereocenters. The summed E-state index contributed by atoms with van der Waals surface area (Å²) in [5.41, 5.74) is 6.69. The minimum Gasteiger partial charge on any atom is -0.382 e. The fourth-order valence-corrected chi connectivity index (χ4v) is 1.53. The van der Waals surface area contributed by atoms with Crippen LogP contribution in [0.25, 0.3) is 10.9 Å². The Bertz CT molecular complexity index is 436. The fourth-order valence-electron chi connectivity index (χ4n) is 1.53. The Balaban J connectivity index is 2.44. The molecule has 14 heavy (non-hydrogen) atoms. The molecule has 2 N–H and O–H groups in total. The molecule has 0 saturated heterocycles. The predicted molar refractivity (Wildman–Crippen MR) is 54.7 cm³/mol. The van der Waals surface area contributed by atoms with Crippen LogP contribution in [-0.2, 0) is 6.54 Å². The van der Waals surface area contributed by atoms with E-state index in [-0.39, 0.29) is 6.67 Å². The van der Waals surface area contributed by atoms with Gasteiger partial charge in [0.05, 0.1) is 12.2 Å². The molecule has 0 aliphatic rings. The molecule has 3 nitrogen and oxygen atoms in total. The zero-order chi connectivity index (χ0) is 9.97. The SMILES string of the molecule is Nc1nn(CCCF)c2ccccc12. The zero-order valence-electron chi connectivity index (χ0n) is 7.78. The molecule has 0 spiro atoms. The number of halogens is 1. The minimum absolute atomic E-state index is 0.325. The summed E-state index contributed by atoms with van der Waals surface area (Å²) in [5.74, 6) is 0.513. The Labute approximate surface area is 81.3 Å². The summed E-state index contributed by atoms with van der Waals surface area (Å²) in [4.78, 5) is 0. The number of aryl methyl sites for hydroxylation is 1. The van der Waals surface area contributed by atoms with Crippen molar-refractivity contribution in [1.82, 2.24) is 9.78 Å². The molecule has 0 radical (unpaired) electrons. The lowest BCUT2D eigenvalue weighted by molar-refractivity contribution is 0.439. The second-order valence-electron chi connectivity index (χ2n) is 3.17. The van der Waals surface area contributed by atoms with Crippen molar-refractivity contribution in [3.05, 3.63) is 24.3 Å². The molecular weight excluding hydrogens is 181 g/mol. The van der Waals surface area contributed by atoms with E-state index in [1.807, 2.05) is 24.3 Å². The van der Waals surface area contributed by atoms with Crippen LogP contribution in [0.1, 0.15) is 6.42 Å².